The van der Waals surface area contributed by atoms with E-state index in [0.717, 1.165) is 5.56 Å². The van der Waals surface area contributed by atoms with Gasteiger partial charge in [0.25, 0.3) is 0 Å². The van der Waals surface area contributed by atoms with E-state index in [1.165, 1.54) is 6.92 Å². The Hall–Kier alpha value is -1.36. The van der Waals surface area contributed by atoms with Crippen LogP contribution in [0.1, 0.15) is 33.3 Å². The first-order chi connectivity index (χ1) is 8.55. The second-order valence-corrected chi connectivity index (χ2v) is 7.99. The van der Waals surface area contributed by atoms with Gasteiger partial charge in [-0.05, 0) is 26.0 Å². The summed E-state index contributed by atoms with van der Waals surface area (Å²) < 4.78 is 24.6. The zero-order chi connectivity index (χ0) is 14.8. The highest BCUT2D eigenvalue weighted by Gasteiger charge is 2.29. The first-order valence-corrected chi connectivity index (χ1v) is 7.71. The van der Waals surface area contributed by atoms with Crippen molar-refractivity contribution in [1.82, 2.24) is 5.32 Å². The maximum Gasteiger partial charge on any atom is 0.226 e. The van der Waals surface area contributed by atoms with Crippen LogP contribution in [0.5, 0.6) is 0 Å². The van der Waals surface area contributed by atoms with Crippen LogP contribution in [0.25, 0.3) is 0 Å². The number of benzene rings is 1. The molecule has 1 aromatic carbocycles. The quantitative estimate of drug-likeness (QED) is 0.925. The number of sulfone groups is 1. The molecular weight excluding hydrogens is 262 g/mol. The average molecular weight is 283 g/mol. The zero-order valence-corrected chi connectivity index (χ0v) is 12.8. The van der Waals surface area contributed by atoms with Gasteiger partial charge in [0.05, 0.1) is 4.90 Å². The molecule has 19 heavy (non-hydrogen) atoms. The Kier molecular flexibility index (Phi) is 4.40. The van der Waals surface area contributed by atoms with E-state index in [9.17, 15) is 13.2 Å². The second-order valence-electron chi connectivity index (χ2n) is 5.72. The van der Waals surface area contributed by atoms with Crippen LogP contribution in [0.4, 0.5) is 0 Å². The van der Waals surface area contributed by atoms with E-state index >= 15 is 0 Å². The van der Waals surface area contributed by atoms with Crippen molar-refractivity contribution < 1.29 is 13.2 Å². The van der Waals surface area contributed by atoms with E-state index in [4.69, 9.17) is 0 Å². The summed E-state index contributed by atoms with van der Waals surface area (Å²) in [6, 6.07) is 6.60. The van der Waals surface area contributed by atoms with E-state index in [1.54, 1.807) is 45.0 Å². The largest absolute Gasteiger partial charge is 0.339 e. The van der Waals surface area contributed by atoms with Crippen LogP contribution < -0.4 is 5.32 Å². The molecule has 0 aliphatic carbocycles. The summed E-state index contributed by atoms with van der Waals surface area (Å²) in [5.41, 5.74) is 0.377. The van der Waals surface area contributed by atoms with Crippen molar-refractivity contribution in [3.05, 3.63) is 29.8 Å². The molecule has 1 unspecified atom stereocenters. The van der Waals surface area contributed by atoms with Crippen LogP contribution in [0.3, 0.4) is 0 Å². The summed E-state index contributed by atoms with van der Waals surface area (Å²) in [7, 11) is -3.54. The summed E-state index contributed by atoms with van der Waals surface area (Å²) in [6.07, 6.45) is 0. The Morgan fingerprint density at radius 3 is 2.05 bits per heavy atom. The predicted octanol–water partition coefficient (Wildman–Crippen LogP) is 2.28. The molecule has 0 radical (unpaired) electrons. The SMILES string of the molecule is Cc1ccc(S(=O)(=O)C(C)NC(=O)C(C)(C)C)cc1. The van der Waals surface area contributed by atoms with Crippen LogP contribution in [0.2, 0.25) is 0 Å². The van der Waals surface area contributed by atoms with Crippen LogP contribution in [0.15, 0.2) is 29.2 Å². The van der Waals surface area contributed by atoms with E-state index in [1.807, 2.05) is 6.92 Å². The van der Waals surface area contributed by atoms with Crippen LogP contribution in [-0.2, 0) is 14.6 Å². The summed E-state index contributed by atoms with van der Waals surface area (Å²) in [5, 5.41) is 1.60. The molecule has 1 rings (SSSR count). The number of hydrogen-bond acceptors (Lipinski definition) is 3. The fourth-order valence-corrected chi connectivity index (χ4v) is 2.60. The van der Waals surface area contributed by atoms with E-state index < -0.39 is 20.6 Å². The Morgan fingerprint density at radius 2 is 1.63 bits per heavy atom. The molecular formula is C14H21NO3S. The molecule has 1 N–H and O–H groups in total. The van der Waals surface area contributed by atoms with Gasteiger partial charge >= 0.3 is 0 Å². The predicted molar refractivity (Wildman–Crippen MR) is 75.4 cm³/mol. The number of aryl methyl sites for hydroxylation is 1. The van der Waals surface area contributed by atoms with Gasteiger partial charge in [-0.2, -0.15) is 0 Å². The third kappa shape index (κ3) is 3.80. The average Bonchev–Trinajstić information content (AvgIpc) is 2.28. The molecule has 5 heteroatoms. The van der Waals surface area contributed by atoms with E-state index in [2.05, 4.69) is 5.32 Å². The topological polar surface area (TPSA) is 63.2 Å². The van der Waals surface area contributed by atoms with Gasteiger partial charge in [-0.1, -0.05) is 38.5 Å². The lowest BCUT2D eigenvalue weighted by Gasteiger charge is -2.22. The lowest BCUT2D eigenvalue weighted by atomic mass is 9.96. The smallest absolute Gasteiger partial charge is 0.226 e. The van der Waals surface area contributed by atoms with Crippen LogP contribution in [0, 0.1) is 12.3 Å². The highest BCUT2D eigenvalue weighted by atomic mass is 32.2. The Balaban J connectivity index is 2.95. The zero-order valence-electron chi connectivity index (χ0n) is 12.0. The molecule has 0 spiro atoms. The van der Waals surface area contributed by atoms with Gasteiger partial charge in [-0.25, -0.2) is 8.42 Å². The number of carbonyl (C=O) groups excluding carboxylic acids is 1. The van der Waals surface area contributed by atoms with Gasteiger partial charge in [-0.3, -0.25) is 4.79 Å². The fourth-order valence-electron chi connectivity index (χ4n) is 1.41. The molecule has 0 saturated heterocycles. The number of rotatable bonds is 3. The Bertz CT molecular complexity index is 553. The number of nitrogens with one attached hydrogen (secondary N) is 1. The number of hydrogen-bond donors (Lipinski definition) is 1. The van der Waals surface area contributed by atoms with Crippen molar-refractivity contribution in [3.8, 4) is 0 Å². The second kappa shape index (κ2) is 5.33. The van der Waals surface area contributed by atoms with Gasteiger partial charge in [-0.15, -0.1) is 0 Å². The van der Waals surface area contributed by atoms with Crippen molar-refractivity contribution in [2.45, 2.75) is 44.9 Å². The lowest BCUT2D eigenvalue weighted by molar-refractivity contribution is -0.128. The van der Waals surface area contributed by atoms with E-state index in [0.29, 0.717) is 0 Å². The number of amides is 1. The molecule has 106 valence electrons. The van der Waals surface area contributed by atoms with Crippen molar-refractivity contribution in [3.63, 3.8) is 0 Å². The highest BCUT2D eigenvalue weighted by molar-refractivity contribution is 7.92. The molecule has 0 bridgehead atoms. The van der Waals surface area contributed by atoms with Crippen LogP contribution >= 0.6 is 0 Å². The molecule has 1 atom stereocenters. The van der Waals surface area contributed by atoms with E-state index in [-0.39, 0.29) is 10.8 Å². The molecule has 0 aliphatic heterocycles. The summed E-state index contributed by atoms with van der Waals surface area (Å²) >= 11 is 0. The molecule has 0 saturated carbocycles. The standard InChI is InChI=1S/C14H21NO3S/c1-10-6-8-12(9-7-10)19(17,18)11(2)15-13(16)14(3,4)5/h6-9,11H,1-5H3,(H,15,16). The lowest BCUT2D eigenvalue weighted by Crippen LogP contribution is -2.44. The van der Waals surface area contributed by atoms with Crippen molar-refractivity contribution in [1.29, 1.82) is 0 Å². The van der Waals surface area contributed by atoms with Gasteiger partial charge in [0.15, 0.2) is 9.84 Å². The third-order valence-corrected chi connectivity index (χ3v) is 4.81. The highest BCUT2D eigenvalue weighted by Crippen LogP contribution is 2.18. The molecule has 0 heterocycles. The molecule has 0 aliphatic rings. The first kappa shape index (κ1) is 15.7. The minimum atomic E-state index is -3.54. The maximum absolute atomic E-state index is 12.3. The minimum absolute atomic E-state index is 0.222. The summed E-state index contributed by atoms with van der Waals surface area (Å²) in [5.74, 6) is -0.282. The Morgan fingerprint density at radius 1 is 1.16 bits per heavy atom. The molecule has 4 nitrogen and oxygen atoms in total. The normalized spacial score (nSPS) is 13.9. The minimum Gasteiger partial charge on any atom is -0.339 e. The van der Waals surface area contributed by atoms with Crippen molar-refractivity contribution in [2.24, 2.45) is 5.41 Å². The third-order valence-electron chi connectivity index (χ3n) is 2.83. The molecule has 0 aromatic heterocycles. The fraction of sp³-hybridized carbons (Fsp3) is 0.500. The molecule has 1 aromatic rings. The van der Waals surface area contributed by atoms with Gasteiger partial charge in [0, 0.05) is 5.41 Å². The van der Waals surface area contributed by atoms with Crippen molar-refractivity contribution >= 4 is 15.7 Å². The number of carbonyl (C=O) groups is 1. The Labute approximate surface area is 115 Å². The summed E-state index contributed by atoms with van der Waals surface area (Å²) in [6.45, 7) is 8.61. The maximum atomic E-state index is 12.3. The van der Waals surface area contributed by atoms with Gasteiger partial charge in [0.2, 0.25) is 5.91 Å². The van der Waals surface area contributed by atoms with Gasteiger partial charge in [0.1, 0.15) is 5.37 Å². The molecule has 0 fully saturated rings. The van der Waals surface area contributed by atoms with Crippen molar-refractivity contribution in [2.75, 3.05) is 0 Å². The monoisotopic (exact) mass is 283 g/mol. The van der Waals surface area contributed by atoms with Crippen LogP contribution in [-0.4, -0.2) is 19.7 Å². The summed E-state index contributed by atoms with van der Waals surface area (Å²) in [4.78, 5) is 12.1. The molecule has 1 amide bonds. The first-order valence-electron chi connectivity index (χ1n) is 6.16. The van der Waals surface area contributed by atoms with Gasteiger partial charge < -0.3 is 5.32 Å².